The number of carbonyl (C=O) groups is 4. The SMILES string of the molecule is CC(C)(C)OC(=O)N1CC(CN2CCC(Nc3ccc4cc(OC[C@H](ON/N=C(\C(=O)N[C@@H]5C(=O)N(OS(=O)(=O)O)C5(C)C)c5csc(N)n5)C(=O)O)ccc4n3)CC2)C1. The van der Waals surface area contributed by atoms with E-state index in [1.807, 2.05) is 32.9 Å². The Morgan fingerprint density at radius 1 is 1.12 bits per heavy atom. The van der Waals surface area contributed by atoms with Gasteiger partial charge in [0, 0.05) is 55.4 Å². The lowest BCUT2D eigenvalue weighted by Gasteiger charge is -2.50. The molecule has 326 valence electrons. The quantitative estimate of drug-likeness (QED) is 0.0516. The van der Waals surface area contributed by atoms with Gasteiger partial charge in [0.1, 0.15) is 35.5 Å². The second-order valence-electron chi connectivity index (χ2n) is 16.1. The number of amides is 3. The molecule has 0 aliphatic carbocycles. The smallest absolute Gasteiger partial charge is 0.418 e. The molecule has 3 saturated heterocycles. The number of likely N-dealkylation sites (tertiary alicyclic amines) is 2. The fraction of sp³-hybridized carbons (Fsp3) is 0.528. The number of aromatic nitrogens is 2. The Labute approximate surface area is 349 Å². The third-order valence-corrected chi connectivity index (χ3v) is 10.9. The highest BCUT2D eigenvalue weighted by Crippen LogP contribution is 2.33. The molecular formula is C36H48N10O12S2. The van der Waals surface area contributed by atoms with Crippen LogP contribution >= 0.6 is 11.3 Å². The lowest BCUT2D eigenvalue weighted by atomic mass is 9.84. The number of nitrogens with one attached hydrogen (secondary N) is 3. The van der Waals surface area contributed by atoms with E-state index in [1.165, 1.54) is 19.2 Å². The molecule has 3 aliphatic rings. The number of aliphatic carboxylic acids is 1. The average Bonchev–Trinajstić information content (AvgIpc) is 3.58. The van der Waals surface area contributed by atoms with E-state index in [1.54, 1.807) is 23.1 Å². The number of piperidine rings is 1. The number of hydrogen-bond acceptors (Lipinski definition) is 18. The minimum atomic E-state index is -5.02. The number of β-lactam (4-membered cyclic amide) rings is 1. The van der Waals surface area contributed by atoms with Crippen molar-refractivity contribution >= 4 is 73.2 Å². The van der Waals surface area contributed by atoms with E-state index in [4.69, 9.17) is 29.6 Å². The van der Waals surface area contributed by atoms with E-state index < -0.39 is 63.8 Å². The first-order valence-corrected chi connectivity index (χ1v) is 21.1. The van der Waals surface area contributed by atoms with E-state index in [0.717, 1.165) is 55.0 Å². The van der Waals surface area contributed by atoms with Gasteiger partial charge < -0.3 is 40.7 Å². The molecule has 2 atom stereocenters. The molecule has 3 amide bonds. The Hall–Kier alpha value is -5.40. The molecule has 0 spiro atoms. The summed E-state index contributed by atoms with van der Waals surface area (Å²) in [5.41, 5.74) is 6.09. The van der Waals surface area contributed by atoms with Crippen LogP contribution in [-0.2, 0) is 38.6 Å². The number of ether oxygens (including phenoxy) is 2. The zero-order valence-corrected chi connectivity index (χ0v) is 35.1. The minimum absolute atomic E-state index is 0.0478. The van der Waals surface area contributed by atoms with Gasteiger partial charge in [0.2, 0.25) is 6.10 Å². The molecule has 7 N–H and O–H groups in total. The van der Waals surface area contributed by atoms with Gasteiger partial charge in [-0.2, -0.15) is 19.1 Å². The summed E-state index contributed by atoms with van der Waals surface area (Å²) in [6.45, 7) is 12.1. The van der Waals surface area contributed by atoms with Crippen LogP contribution in [0.25, 0.3) is 10.9 Å². The Balaban J connectivity index is 0.980. The van der Waals surface area contributed by atoms with E-state index in [0.29, 0.717) is 35.3 Å². The number of nitrogen functional groups attached to an aromatic ring is 1. The predicted molar refractivity (Wildman–Crippen MR) is 216 cm³/mol. The summed E-state index contributed by atoms with van der Waals surface area (Å²) in [7, 11) is -5.02. The molecule has 0 radical (unpaired) electrons. The summed E-state index contributed by atoms with van der Waals surface area (Å²) in [5.74, 6) is -1.87. The molecule has 6 rings (SSSR count). The molecule has 0 unspecified atom stereocenters. The highest BCUT2D eigenvalue weighted by Gasteiger charge is 2.58. The first-order valence-electron chi connectivity index (χ1n) is 18.9. The Kier molecular flexibility index (Phi) is 13.0. The van der Waals surface area contributed by atoms with Crippen LogP contribution in [0.15, 0.2) is 40.8 Å². The van der Waals surface area contributed by atoms with E-state index in [2.05, 4.69) is 35.5 Å². The van der Waals surface area contributed by atoms with Gasteiger partial charge in [-0.05, 0) is 77.8 Å². The molecule has 3 aromatic rings. The minimum Gasteiger partial charge on any atom is -0.490 e. The predicted octanol–water partition coefficient (Wildman–Crippen LogP) is 1.61. The number of nitrogens with zero attached hydrogens (tertiary/aromatic N) is 6. The van der Waals surface area contributed by atoms with Gasteiger partial charge in [0.05, 0.1) is 11.1 Å². The first-order chi connectivity index (χ1) is 28.1. The normalized spacial score (nSPS) is 19.6. The fourth-order valence-corrected chi connectivity index (χ4v) is 7.77. The second-order valence-corrected chi connectivity index (χ2v) is 18.0. The lowest BCUT2D eigenvalue weighted by molar-refractivity contribution is -0.218. The fourth-order valence-electron chi connectivity index (χ4n) is 6.77. The van der Waals surface area contributed by atoms with Gasteiger partial charge in [-0.25, -0.2) is 24.4 Å². The molecule has 24 heteroatoms. The van der Waals surface area contributed by atoms with Crippen molar-refractivity contribution in [2.45, 2.75) is 76.8 Å². The topological polar surface area (TPSA) is 290 Å². The Morgan fingerprint density at radius 3 is 2.45 bits per heavy atom. The van der Waals surface area contributed by atoms with Gasteiger partial charge in [0.25, 0.3) is 11.8 Å². The summed E-state index contributed by atoms with van der Waals surface area (Å²) < 4.78 is 46.8. The van der Waals surface area contributed by atoms with Crippen molar-refractivity contribution < 1.29 is 55.9 Å². The molecule has 3 aliphatic heterocycles. The monoisotopic (exact) mass is 876 g/mol. The number of anilines is 2. The number of nitrogens with two attached hydrogens (primary N) is 1. The molecule has 1 aromatic carbocycles. The number of hydrazone groups is 1. The average molecular weight is 877 g/mol. The van der Waals surface area contributed by atoms with Crippen molar-refractivity contribution in [3.63, 3.8) is 0 Å². The summed E-state index contributed by atoms with van der Waals surface area (Å²) in [4.78, 5) is 68.3. The highest BCUT2D eigenvalue weighted by molar-refractivity contribution is 7.80. The van der Waals surface area contributed by atoms with Gasteiger partial charge in [-0.3, -0.25) is 14.1 Å². The third kappa shape index (κ3) is 11.0. The molecular weight excluding hydrogens is 829 g/mol. The Bertz CT molecular complexity index is 2230. The zero-order chi connectivity index (χ0) is 43.6. The van der Waals surface area contributed by atoms with Gasteiger partial charge >= 0.3 is 22.5 Å². The maximum absolute atomic E-state index is 13.3. The van der Waals surface area contributed by atoms with Crippen LogP contribution in [-0.4, -0.2) is 141 Å². The van der Waals surface area contributed by atoms with Crippen molar-refractivity contribution in [1.82, 2.24) is 35.7 Å². The number of carboxylic acid groups (broad SMARTS) is 1. The highest BCUT2D eigenvalue weighted by atomic mass is 32.3. The zero-order valence-electron chi connectivity index (χ0n) is 33.5. The maximum Gasteiger partial charge on any atom is 0.418 e. The second kappa shape index (κ2) is 17.7. The van der Waals surface area contributed by atoms with Gasteiger partial charge in [0.15, 0.2) is 10.8 Å². The standard InChI is InChI=1S/C36H48N10O12S2/c1-35(2,3)56-34(51)45-16-20(17-45)15-44-12-10-22(11-13-44)38-27-9-6-21-14-23(7-8-24(21)39-27)55-18-26(32(49)50)57-43-42-28(25-19-59-33(37)40-25)30(47)41-29-31(48)46(36(29,4)5)58-60(52,53)54/h6-9,14,19-20,22,26,29,43H,10-13,15-18H2,1-5H3,(H2,37,40)(H,38,39)(H,41,47)(H,49,50)(H,52,53,54)/b42-28-/t26-,29+/m0/s1. The number of pyridine rings is 1. The number of thiazole rings is 1. The van der Waals surface area contributed by atoms with Crippen molar-refractivity contribution in [2.24, 2.45) is 11.0 Å². The summed E-state index contributed by atoms with van der Waals surface area (Å²) in [6, 6.07) is 7.80. The number of hydrogen-bond donors (Lipinski definition) is 6. The number of hydroxylamine groups is 2. The molecule has 2 aromatic heterocycles. The number of benzene rings is 1. The number of rotatable bonds is 16. The lowest BCUT2D eigenvalue weighted by Crippen LogP contribution is -2.76. The molecule has 22 nitrogen and oxygen atoms in total. The Morgan fingerprint density at radius 2 is 1.83 bits per heavy atom. The summed E-state index contributed by atoms with van der Waals surface area (Å²) in [6.07, 6.45) is 0.0251. The van der Waals surface area contributed by atoms with Crippen molar-refractivity contribution in [1.29, 1.82) is 0 Å². The van der Waals surface area contributed by atoms with Crippen LogP contribution in [0.4, 0.5) is 15.7 Å². The molecule has 3 fully saturated rings. The van der Waals surface area contributed by atoms with Crippen LogP contribution < -0.4 is 26.7 Å². The summed E-state index contributed by atoms with van der Waals surface area (Å²) >= 11 is 0.973. The maximum atomic E-state index is 13.3. The molecule has 0 saturated carbocycles. The number of carboxylic acids is 1. The number of fused-ring (bicyclic) bond motifs is 1. The third-order valence-electron chi connectivity index (χ3n) is 9.86. The van der Waals surface area contributed by atoms with Crippen LogP contribution in [0.1, 0.15) is 53.2 Å². The van der Waals surface area contributed by atoms with E-state index in [9.17, 15) is 32.7 Å². The molecule has 0 bridgehead atoms. The van der Waals surface area contributed by atoms with Crippen molar-refractivity contribution in [3.8, 4) is 5.75 Å². The van der Waals surface area contributed by atoms with Crippen LogP contribution in [0.3, 0.4) is 0 Å². The molecule has 5 heterocycles. The van der Waals surface area contributed by atoms with E-state index in [-0.39, 0.29) is 23.0 Å². The van der Waals surface area contributed by atoms with Crippen molar-refractivity contribution in [3.05, 3.63) is 41.4 Å². The van der Waals surface area contributed by atoms with Gasteiger partial charge in [-0.1, -0.05) is 0 Å². The first kappa shape index (κ1) is 44.2. The van der Waals surface area contributed by atoms with Crippen molar-refractivity contribution in [2.75, 3.05) is 50.4 Å². The van der Waals surface area contributed by atoms with Gasteiger partial charge in [-0.15, -0.1) is 20.7 Å². The number of carbonyl (C=O) groups excluding carboxylic acids is 3. The largest absolute Gasteiger partial charge is 0.490 e. The van der Waals surface area contributed by atoms with Crippen LogP contribution in [0.2, 0.25) is 0 Å². The van der Waals surface area contributed by atoms with Crippen LogP contribution in [0.5, 0.6) is 5.75 Å². The summed E-state index contributed by atoms with van der Waals surface area (Å²) in [5, 5.41) is 22.2. The van der Waals surface area contributed by atoms with Crippen LogP contribution in [0, 0.1) is 5.92 Å². The van der Waals surface area contributed by atoms with E-state index >= 15 is 0 Å². The molecule has 60 heavy (non-hydrogen) atoms.